The molecule has 0 aliphatic heterocycles. The number of halogens is 1. The van der Waals surface area contributed by atoms with Crippen LogP contribution in [0.2, 0.25) is 5.02 Å². The van der Waals surface area contributed by atoms with Crippen LogP contribution in [0, 0.1) is 0 Å². The molecule has 6 heteroatoms. The number of amides is 1. The molecule has 3 aromatic carbocycles. The van der Waals surface area contributed by atoms with Gasteiger partial charge in [0.2, 0.25) is 0 Å². The van der Waals surface area contributed by atoms with Gasteiger partial charge in [0.1, 0.15) is 11.5 Å². The Morgan fingerprint density at radius 1 is 0.852 bits per heavy atom. The van der Waals surface area contributed by atoms with E-state index in [0.29, 0.717) is 39.3 Å². The second kappa shape index (κ2) is 8.47. The number of carbonyl (C=O) groups excluding carboxylic acids is 1. The molecular weight excluding hydrogens is 366 g/mol. The Kier molecular flexibility index (Phi) is 5.84. The van der Waals surface area contributed by atoms with Gasteiger partial charge in [-0.3, -0.25) is 4.79 Å². The molecule has 0 fully saturated rings. The van der Waals surface area contributed by atoms with Gasteiger partial charge in [0.15, 0.2) is 11.5 Å². The summed E-state index contributed by atoms with van der Waals surface area (Å²) in [4.78, 5) is 12.5. The van der Waals surface area contributed by atoms with E-state index in [0.717, 1.165) is 0 Å². The number of hydrogen-bond acceptors (Lipinski definition) is 4. The highest BCUT2D eigenvalue weighted by Gasteiger charge is 2.13. The van der Waals surface area contributed by atoms with Crippen LogP contribution >= 0.6 is 11.6 Å². The van der Waals surface area contributed by atoms with E-state index in [9.17, 15) is 4.79 Å². The zero-order valence-electron chi connectivity index (χ0n) is 14.9. The first kappa shape index (κ1) is 18.6. The van der Waals surface area contributed by atoms with Gasteiger partial charge in [0, 0.05) is 10.7 Å². The first-order chi connectivity index (χ1) is 13.1. The molecule has 138 valence electrons. The second-order valence-electron chi connectivity index (χ2n) is 5.58. The lowest BCUT2D eigenvalue weighted by Gasteiger charge is -2.12. The minimum atomic E-state index is -0.312. The van der Waals surface area contributed by atoms with Crippen molar-refractivity contribution < 1.29 is 19.0 Å². The molecule has 0 unspecified atom stereocenters. The molecule has 0 radical (unpaired) electrons. The van der Waals surface area contributed by atoms with Crippen LogP contribution < -0.4 is 19.5 Å². The average molecular weight is 384 g/mol. The second-order valence-corrected chi connectivity index (χ2v) is 6.01. The van der Waals surface area contributed by atoms with Gasteiger partial charge in [-0.05, 0) is 54.6 Å². The van der Waals surface area contributed by atoms with Crippen molar-refractivity contribution in [2.75, 3.05) is 19.5 Å². The van der Waals surface area contributed by atoms with Crippen LogP contribution in [0.3, 0.4) is 0 Å². The molecule has 0 spiro atoms. The number of hydrogen-bond donors (Lipinski definition) is 1. The SMILES string of the molecule is COc1ccccc1Oc1ccc(NC(=O)c2cc(Cl)ccc2OC)cc1. The number of anilines is 1. The topological polar surface area (TPSA) is 56.8 Å². The lowest BCUT2D eigenvalue weighted by molar-refractivity contribution is 0.102. The van der Waals surface area contributed by atoms with E-state index in [4.69, 9.17) is 25.8 Å². The van der Waals surface area contributed by atoms with Crippen LogP contribution in [0.4, 0.5) is 5.69 Å². The van der Waals surface area contributed by atoms with Crippen LogP contribution in [0.1, 0.15) is 10.4 Å². The molecule has 27 heavy (non-hydrogen) atoms. The molecule has 0 aliphatic carbocycles. The molecule has 3 rings (SSSR count). The molecule has 1 N–H and O–H groups in total. The highest BCUT2D eigenvalue weighted by atomic mass is 35.5. The molecular formula is C21H18ClNO4. The molecule has 1 amide bonds. The minimum Gasteiger partial charge on any atom is -0.496 e. The Balaban J connectivity index is 1.72. The smallest absolute Gasteiger partial charge is 0.259 e. The highest BCUT2D eigenvalue weighted by Crippen LogP contribution is 2.31. The Hall–Kier alpha value is -3.18. The zero-order valence-corrected chi connectivity index (χ0v) is 15.6. The van der Waals surface area contributed by atoms with E-state index in [2.05, 4.69) is 5.32 Å². The molecule has 3 aromatic rings. The van der Waals surface area contributed by atoms with Crippen molar-refractivity contribution in [1.29, 1.82) is 0 Å². The summed E-state index contributed by atoms with van der Waals surface area (Å²) in [5.41, 5.74) is 0.980. The van der Waals surface area contributed by atoms with Crippen LogP contribution in [0.5, 0.6) is 23.0 Å². The van der Waals surface area contributed by atoms with Crippen molar-refractivity contribution in [1.82, 2.24) is 0 Å². The van der Waals surface area contributed by atoms with Crippen LogP contribution in [-0.2, 0) is 0 Å². The van der Waals surface area contributed by atoms with Crippen molar-refractivity contribution in [2.24, 2.45) is 0 Å². The van der Waals surface area contributed by atoms with E-state index in [1.165, 1.54) is 7.11 Å². The van der Waals surface area contributed by atoms with Crippen LogP contribution in [0.25, 0.3) is 0 Å². The molecule has 0 aromatic heterocycles. The summed E-state index contributed by atoms with van der Waals surface area (Å²) in [6, 6.07) is 19.3. The Labute approximate surface area is 162 Å². The van der Waals surface area contributed by atoms with E-state index >= 15 is 0 Å². The number of carbonyl (C=O) groups is 1. The maximum absolute atomic E-state index is 12.5. The number of nitrogens with one attached hydrogen (secondary N) is 1. The number of ether oxygens (including phenoxy) is 3. The van der Waals surface area contributed by atoms with Crippen molar-refractivity contribution in [3.8, 4) is 23.0 Å². The number of rotatable bonds is 6. The molecule has 0 saturated heterocycles. The third kappa shape index (κ3) is 4.51. The molecule has 5 nitrogen and oxygen atoms in total. The largest absolute Gasteiger partial charge is 0.496 e. The van der Waals surface area contributed by atoms with Gasteiger partial charge < -0.3 is 19.5 Å². The third-order valence-corrected chi connectivity index (χ3v) is 4.05. The van der Waals surface area contributed by atoms with Crippen molar-refractivity contribution >= 4 is 23.2 Å². The number of methoxy groups -OCH3 is 2. The Morgan fingerprint density at radius 3 is 2.19 bits per heavy atom. The predicted octanol–water partition coefficient (Wildman–Crippen LogP) is 5.40. The Morgan fingerprint density at radius 2 is 1.52 bits per heavy atom. The lowest BCUT2D eigenvalue weighted by atomic mass is 10.2. The van der Waals surface area contributed by atoms with Gasteiger partial charge in [0.05, 0.1) is 19.8 Å². The summed E-state index contributed by atoms with van der Waals surface area (Å²) in [5.74, 6) is 2.02. The fourth-order valence-corrected chi connectivity index (χ4v) is 2.66. The molecule has 0 aliphatic rings. The van der Waals surface area contributed by atoms with Crippen LogP contribution in [0.15, 0.2) is 66.7 Å². The fraction of sp³-hybridized carbons (Fsp3) is 0.0952. The van der Waals surface area contributed by atoms with E-state index in [1.807, 2.05) is 24.3 Å². The average Bonchev–Trinajstić information content (AvgIpc) is 2.69. The van der Waals surface area contributed by atoms with Gasteiger partial charge in [0.25, 0.3) is 5.91 Å². The van der Waals surface area contributed by atoms with Crippen molar-refractivity contribution in [3.63, 3.8) is 0 Å². The van der Waals surface area contributed by atoms with Crippen molar-refractivity contribution in [3.05, 3.63) is 77.3 Å². The zero-order chi connectivity index (χ0) is 19.2. The third-order valence-electron chi connectivity index (χ3n) is 3.82. The normalized spacial score (nSPS) is 10.2. The first-order valence-corrected chi connectivity index (χ1v) is 8.54. The molecule has 0 saturated carbocycles. The standard InChI is InChI=1S/C21H18ClNO4/c1-25-18-12-7-14(22)13-17(18)21(24)23-15-8-10-16(11-9-15)27-20-6-4-3-5-19(20)26-2/h3-13H,1-2H3,(H,23,24). The summed E-state index contributed by atoms with van der Waals surface area (Å²) in [5, 5.41) is 3.28. The van der Waals surface area contributed by atoms with E-state index in [1.54, 1.807) is 49.6 Å². The van der Waals surface area contributed by atoms with Gasteiger partial charge in [-0.25, -0.2) is 0 Å². The number of para-hydroxylation sites is 2. The fourth-order valence-electron chi connectivity index (χ4n) is 2.49. The first-order valence-electron chi connectivity index (χ1n) is 8.16. The van der Waals surface area contributed by atoms with Gasteiger partial charge >= 0.3 is 0 Å². The monoisotopic (exact) mass is 383 g/mol. The van der Waals surface area contributed by atoms with E-state index < -0.39 is 0 Å². The highest BCUT2D eigenvalue weighted by molar-refractivity contribution is 6.31. The van der Waals surface area contributed by atoms with Gasteiger partial charge in [-0.15, -0.1) is 0 Å². The van der Waals surface area contributed by atoms with Crippen molar-refractivity contribution in [2.45, 2.75) is 0 Å². The summed E-state index contributed by atoms with van der Waals surface area (Å²) in [7, 11) is 3.09. The minimum absolute atomic E-state index is 0.312. The lowest BCUT2D eigenvalue weighted by Crippen LogP contribution is -2.13. The summed E-state index contributed by atoms with van der Waals surface area (Å²) >= 11 is 5.98. The van der Waals surface area contributed by atoms with E-state index in [-0.39, 0.29) is 5.91 Å². The molecule has 0 atom stereocenters. The maximum atomic E-state index is 12.5. The molecule has 0 bridgehead atoms. The van der Waals surface area contributed by atoms with Gasteiger partial charge in [-0.1, -0.05) is 23.7 Å². The summed E-state index contributed by atoms with van der Waals surface area (Å²) in [6.07, 6.45) is 0. The van der Waals surface area contributed by atoms with Crippen LogP contribution in [-0.4, -0.2) is 20.1 Å². The Bertz CT molecular complexity index is 941. The van der Waals surface area contributed by atoms with Gasteiger partial charge in [-0.2, -0.15) is 0 Å². The summed E-state index contributed by atoms with van der Waals surface area (Å²) < 4.78 is 16.3. The maximum Gasteiger partial charge on any atom is 0.259 e. The number of benzene rings is 3. The summed E-state index contributed by atoms with van der Waals surface area (Å²) in [6.45, 7) is 0. The predicted molar refractivity (Wildman–Crippen MR) is 105 cm³/mol. The quantitative estimate of drug-likeness (QED) is 0.619. The molecule has 0 heterocycles.